The van der Waals surface area contributed by atoms with Gasteiger partial charge in [0.25, 0.3) is 0 Å². The Labute approximate surface area is 184 Å². The maximum atomic E-state index is 11.8. The zero-order valence-corrected chi connectivity index (χ0v) is 18.3. The van der Waals surface area contributed by atoms with Crippen LogP contribution in [0.5, 0.6) is 11.5 Å². The van der Waals surface area contributed by atoms with Crippen LogP contribution in [0.25, 0.3) is 0 Å². The molecule has 0 saturated carbocycles. The Hall–Kier alpha value is -3.31. The summed E-state index contributed by atoms with van der Waals surface area (Å²) in [5.41, 5.74) is 3.13. The van der Waals surface area contributed by atoms with Crippen LogP contribution in [0.1, 0.15) is 29.7 Å². The van der Waals surface area contributed by atoms with Crippen LogP contribution in [0.2, 0.25) is 0 Å². The number of ether oxygens (including phenoxy) is 3. The molecule has 3 aromatic carbocycles. The molecule has 3 aromatic rings. The summed E-state index contributed by atoms with van der Waals surface area (Å²) in [5.74, 6) is 0.936. The molecular weight excluding hydrogens is 390 g/mol. The Kier molecular flexibility index (Phi) is 8.07. The number of carbonyl (C=O) groups is 1. The van der Waals surface area contributed by atoms with Crippen molar-refractivity contribution < 1.29 is 19.0 Å². The lowest BCUT2D eigenvalue weighted by Crippen LogP contribution is -2.27. The van der Waals surface area contributed by atoms with Crippen LogP contribution >= 0.6 is 0 Å². The lowest BCUT2D eigenvalue weighted by atomic mass is 10.1. The van der Waals surface area contributed by atoms with Crippen LogP contribution in [0, 0.1) is 0 Å². The standard InChI is InChI=1S/C26H29NO4/c1-20(28)31-26(18-27(2)17-21-10-6-4-7-11-21)23-14-15-24(29-3)25(16-23)30-19-22-12-8-5-9-13-22/h4-16,26H,17-19H2,1-3H3. The number of esters is 1. The quantitative estimate of drug-likeness (QED) is 0.432. The van der Waals surface area contributed by atoms with Gasteiger partial charge in [-0.25, -0.2) is 0 Å². The van der Waals surface area contributed by atoms with Crippen molar-refractivity contribution in [3.05, 3.63) is 95.6 Å². The van der Waals surface area contributed by atoms with Gasteiger partial charge in [-0.1, -0.05) is 66.7 Å². The van der Waals surface area contributed by atoms with E-state index in [-0.39, 0.29) is 5.97 Å². The van der Waals surface area contributed by atoms with E-state index in [1.807, 2.05) is 73.8 Å². The van der Waals surface area contributed by atoms with Crippen LogP contribution in [-0.4, -0.2) is 31.6 Å². The van der Waals surface area contributed by atoms with E-state index >= 15 is 0 Å². The molecule has 0 heterocycles. The van der Waals surface area contributed by atoms with E-state index in [4.69, 9.17) is 14.2 Å². The van der Waals surface area contributed by atoms with Crippen LogP contribution in [-0.2, 0) is 22.7 Å². The van der Waals surface area contributed by atoms with E-state index in [1.54, 1.807) is 7.11 Å². The average Bonchev–Trinajstić information content (AvgIpc) is 2.78. The Bertz CT molecular complexity index is 960. The zero-order chi connectivity index (χ0) is 22.1. The summed E-state index contributed by atoms with van der Waals surface area (Å²) < 4.78 is 17.2. The van der Waals surface area contributed by atoms with E-state index in [2.05, 4.69) is 17.0 Å². The number of likely N-dealkylation sites (N-methyl/N-ethyl adjacent to an activating group) is 1. The van der Waals surface area contributed by atoms with Gasteiger partial charge in [0.2, 0.25) is 0 Å². The van der Waals surface area contributed by atoms with E-state index < -0.39 is 6.10 Å². The van der Waals surface area contributed by atoms with Gasteiger partial charge < -0.3 is 14.2 Å². The maximum absolute atomic E-state index is 11.8. The Morgan fingerprint density at radius 2 is 1.55 bits per heavy atom. The normalized spacial score (nSPS) is 11.7. The van der Waals surface area contributed by atoms with E-state index in [9.17, 15) is 4.79 Å². The zero-order valence-electron chi connectivity index (χ0n) is 18.3. The minimum Gasteiger partial charge on any atom is -0.493 e. The number of carbonyl (C=O) groups excluding carboxylic acids is 1. The smallest absolute Gasteiger partial charge is 0.303 e. The van der Waals surface area contributed by atoms with Crippen molar-refractivity contribution in [3.8, 4) is 11.5 Å². The first-order valence-electron chi connectivity index (χ1n) is 10.3. The molecule has 31 heavy (non-hydrogen) atoms. The predicted octanol–water partition coefficient (Wildman–Crippen LogP) is 5.01. The van der Waals surface area contributed by atoms with Gasteiger partial charge in [-0.2, -0.15) is 0 Å². The van der Waals surface area contributed by atoms with Crippen LogP contribution in [0.15, 0.2) is 78.9 Å². The van der Waals surface area contributed by atoms with E-state index in [1.165, 1.54) is 12.5 Å². The molecule has 1 unspecified atom stereocenters. The lowest BCUT2D eigenvalue weighted by molar-refractivity contribution is -0.147. The first-order chi connectivity index (χ1) is 15.0. The van der Waals surface area contributed by atoms with E-state index in [0.717, 1.165) is 17.7 Å². The first kappa shape index (κ1) is 22.4. The molecule has 0 saturated heterocycles. The van der Waals surface area contributed by atoms with E-state index in [0.29, 0.717) is 24.7 Å². The Morgan fingerprint density at radius 1 is 0.903 bits per heavy atom. The third-order valence-corrected chi connectivity index (χ3v) is 4.88. The second-order valence-corrected chi connectivity index (χ2v) is 7.46. The molecule has 0 N–H and O–H groups in total. The summed E-state index contributed by atoms with van der Waals surface area (Å²) in [6.07, 6.45) is -0.420. The molecule has 0 fully saturated rings. The molecule has 5 heteroatoms. The summed E-state index contributed by atoms with van der Waals surface area (Å²) in [5, 5.41) is 0. The molecule has 0 bridgehead atoms. The third kappa shape index (κ3) is 6.86. The number of rotatable bonds is 10. The first-order valence-corrected chi connectivity index (χ1v) is 10.3. The van der Waals surface area contributed by atoms with Crippen LogP contribution < -0.4 is 9.47 Å². The number of methoxy groups -OCH3 is 1. The molecule has 5 nitrogen and oxygen atoms in total. The molecule has 0 amide bonds. The molecular formula is C26H29NO4. The number of hydrogen-bond acceptors (Lipinski definition) is 5. The predicted molar refractivity (Wildman–Crippen MR) is 121 cm³/mol. The highest BCUT2D eigenvalue weighted by Gasteiger charge is 2.20. The van der Waals surface area contributed by atoms with Crippen LogP contribution in [0.3, 0.4) is 0 Å². The summed E-state index contributed by atoms with van der Waals surface area (Å²) in [4.78, 5) is 13.9. The monoisotopic (exact) mass is 419 g/mol. The van der Waals surface area contributed by atoms with Gasteiger partial charge in [-0.15, -0.1) is 0 Å². The molecule has 0 aromatic heterocycles. The van der Waals surface area contributed by atoms with Crippen molar-refractivity contribution in [1.29, 1.82) is 0 Å². The summed E-state index contributed by atoms with van der Waals surface area (Å²) in [7, 11) is 3.63. The lowest BCUT2D eigenvalue weighted by Gasteiger charge is -2.25. The highest BCUT2D eigenvalue weighted by atomic mass is 16.5. The Morgan fingerprint density at radius 3 is 2.16 bits per heavy atom. The number of benzene rings is 3. The van der Waals surface area contributed by atoms with Crippen molar-refractivity contribution in [2.45, 2.75) is 26.2 Å². The molecule has 0 aliphatic carbocycles. The highest BCUT2D eigenvalue weighted by molar-refractivity contribution is 5.66. The SMILES string of the molecule is COc1ccc(C(CN(C)Cc2ccccc2)OC(C)=O)cc1OCc1ccccc1. The van der Waals surface area contributed by atoms with Gasteiger partial charge >= 0.3 is 5.97 Å². The second-order valence-electron chi connectivity index (χ2n) is 7.46. The molecule has 0 aliphatic rings. The van der Waals surface area contributed by atoms with Gasteiger partial charge in [0.15, 0.2) is 11.5 Å². The van der Waals surface area contributed by atoms with Gasteiger partial charge in [0, 0.05) is 20.0 Å². The van der Waals surface area contributed by atoms with Gasteiger partial charge in [-0.05, 0) is 35.9 Å². The topological polar surface area (TPSA) is 48.0 Å². The Balaban J connectivity index is 1.77. The third-order valence-electron chi connectivity index (χ3n) is 4.88. The van der Waals surface area contributed by atoms with Gasteiger partial charge in [-0.3, -0.25) is 9.69 Å². The van der Waals surface area contributed by atoms with Crippen molar-refractivity contribution in [1.82, 2.24) is 4.90 Å². The highest BCUT2D eigenvalue weighted by Crippen LogP contribution is 2.32. The van der Waals surface area contributed by atoms with Crippen molar-refractivity contribution in [3.63, 3.8) is 0 Å². The summed E-state index contributed by atoms with van der Waals surface area (Å²) in [6, 6.07) is 25.8. The van der Waals surface area contributed by atoms with Crippen LogP contribution in [0.4, 0.5) is 0 Å². The minimum absolute atomic E-state index is 0.319. The van der Waals surface area contributed by atoms with Crippen molar-refractivity contribution >= 4 is 5.97 Å². The molecule has 1 atom stereocenters. The fourth-order valence-corrected chi connectivity index (χ4v) is 3.40. The van der Waals surface area contributed by atoms with Crippen molar-refractivity contribution in [2.24, 2.45) is 0 Å². The maximum Gasteiger partial charge on any atom is 0.303 e. The second kappa shape index (κ2) is 11.2. The van der Waals surface area contributed by atoms with Crippen molar-refractivity contribution in [2.75, 3.05) is 20.7 Å². The average molecular weight is 420 g/mol. The molecule has 0 aliphatic heterocycles. The molecule has 162 valence electrons. The summed E-state index contributed by atoms with van der Waals surface area (Å²) >= 11 is 0. The fourth-order valence-electron chi connectivity index (χ4n) is 3.40. The fraction of sp³-hybridized carbons (Fsp3) is 0.269. The summed E-state index contributed by atoms with van der Waals surface area (Å²) in [6.45, 7) is 3.17. The van der Waals surface area contributed by atoms with Gasteiger partial charge in [0.05, 0.1) is 7.11 Å². The van der Waals surface area contributed by atoms with Gasteiger partial charge in [0.1, 0.15) is 12.7 Å². The molecule has 0 spiro atoms. The molecule has 3 rings (SSSR count). The molecule has 0 radical (unpaired) electrons. The minimum atomic E-state index is -0.420. The number of nitrogens with zero attached hydrogens (tertiary/aromatic N) is 1. The largest absolute Gasteiger partial charge is 0.493 e. The number of hydrogen-bond donors (Lipinski definition) is 0.